The van der Waals surface area contributed by atoms with E-state index in [1.165, 1.54) is 11.0 Å². The molecule has 4 heteroatoms. The minimum atomic E-state index is -0.203. The Balaban J connectivity index is 2.99. The number of likely N-dealkylation sites (N-methyl/N-ethyl adjacent to an activating group) is 1. The summed E-state index contributed by atoms with van der Waals surface area (Å²) in [7, 11) is 1.67. The molecule has 1 aromatic rings. The Bertz CT molecular complexity index is 390. The van der Waals surface area contributed by atoms with Crippen molar-refractivity contribution in [3.8, 4) is 5.75 Å². The molecule has 0 heterocycles. The molecule has 0 aliphatic carbocycles. The maximum atomic E-state index is 11.8. The van der Waals surface area contributed by atoms with Crippen LogP contribution in [-0.4, -0.2) is 29.5 Å². The Hall–Kier alpha value is -1.04. The maximum Gasteiger partial charge on any atom is 0.257 e. The number of benzene rings is 1. The van der Waals surface area contributed by atoms with Crippen LogP contribution in [-0.2, 0) is 0 Å². The molecule has 3 nitrogen and oxygen atoms in total. The average Bonchev–Trinajstić information content (AvgIpc) is 2.21. The first-order valence-corrected chi connectivity index (χ1v) is 5.49. The molecule has 1 aromatic carbocycles. The summed E-state index contributed by atoms with van der Waals surface area (Å²) in [4.78, 5) is 13.3. The number of hydrogen-bond donors (Lipinski definition) is 1. The van der Waals surface area contributed by atoms with Crippen LogP contribution in [0.3, 0.4) is 0 Å². The van der Waals surface area contributed by atoms with Crippen LogP contribution in [0, 0.1) is 3.57 Å². The highest BCUT2D eigenvalue weighted by Gasteiger charge is 2.14. The van der Waals surface area contributed by atoms with Gasteiger partial charge in [-0.05, 0) is 40.8 Å². The number of amides is 1. The molecule has 0 bridgehead atoms. The first-order valence-electron chi connectivity index (χ1n) is 4.41. The summed E-state index contributed by atoms with van der Waals surface area (Å²) in [5, 5.41) is 9.55. The zero-order valence-electron chi connectivity index (χ0n) is 8.40. The molecule has 0 radical (unpaired) electrons. The highest BCUT2D eigenvalue weighted by molar-refractivity contribution is 14.1. The standard InChI is InChI=1S/C11H12INO2/c1-3-6-13(2)11(15)9-7-8(12)4-5-10(9)14/h3-5,7,14H,1,6H2,2H3. The Labute approximate surface area is 103 Å². The minimum Gasteiger partial charge on any atom is -0.507 e. The minimum absolute atomic E-state index is 0.0105. The number of halogens is 1. The Morgan fingerprint density at radius 3 is 2.93 bits per heavy atom. The fourth-order valence-electron chi connectivity index (χ4n) is 1.16. The number of nitrogens with zero attached hydrogens (tertiary/aromatic N) is 1. The summed E-state index contributed by atoms with van der Waals surface area (Å²) in [6, 6.07) is 4.94. The van der Waals surface area contributed by atoms with Crippen LogP contribution in [0.25, 0.3) is 0 Å². The van der Waals surface area contributed by atoms with Crippen molar-refractivity contribution in [1.82, 2.24) is 4.90 Å². The van der Waals surface area contributed by atoms with Crippen molar-refractivity contribution in [2.24, 2.45) is 0 Å². The highest BCUT2D eigenvalue weighted by Crippen LogP contribution is 2.20. The molecule has 0 atom stereocenters. The lowest BCUT2D eigenvalue weighted by Crippen LogP contribution is -2.26. The second-order valence-electron chi connectivity index (χ2n) is 3.14. The number of carbonyl (C=O) groups is 1. The van der Waals surface area contributed by atoms with E-state index in [0.717, 1.165) is 3.57 Å². The van der Waals surface area contributed by atoms with E-state index >= 15 is 0 Å². The van der Waals surface area contributed by atoms with E-state index in [2.05, 4.69) is 29.2 Å². The normalized spacial score (nSPS) is 9.73. The smallest absolute Gasteiger partial charge is 0.257 e. The summed E-state index contributed by atoms with van der Waals surface area (Å²) in [6.07, 6.45) is 1.64. The molecule has 0 saturated carbocycles. The van der Waals surface area contributed by atoms with Crippen molar-refractivity contribution < 1.29 is 9.90 Å². The van der Waals surface area contributed by atoms with Crippen LogP contribution in [0.15, 0.2) is 30.9 Å². The van der Waals surface area contributed by atoms with Crippen molar-refractivity contribution >= 4 is 28.5 Å². The topological polar surface area (TPSA) is 40.5 Å². The lowest BCUT2D eigenvalue weighted by atomic mass is 10.2. The first-order chi connectivity index (χ1) is 7.06. The van der Waals surface area contributed by atoms with E-state index in [0.29, 0.717) is 12.1 Å². The largest absolute Gasteiger partial charge is 0.507 e. The maximum absolute atomic E-state index is 11.8. The molecule has 0 aliphatic rings. The van der Waals surface area contributed by atoms with Gasteiger partial charge in [0.1, 0.15) is 5.75 Å². The van der Waals surface area contributed by atoms with Crippen LogP contribution >= 0.6 is 22.6 Å². The molecular formula is C11H12INO2. The zero-order chi connectivity index (χ0) is 11.4. The van der Waals surface area contributed by atoms with Crippen LogP contribution in [0.2, 0.25) is 0 Å². The van der Waals surface area contributed by atoms with Gasteiger partial charge in [-0.25, -0.2) is 0 Å². The molecule has 0 fully saturated rings. The fraction of sp³-hybridized carbons (Fsp3) is 0.182. The highest BCUT2D eigenvalue weighted by atomic mass is 127. The molecule has 0 saturated heterocycles. The van der Waals surface area contributed by atoms with Crippen LogP contribution < -0.4 is 0 Å². The second kappa shape index (κ2) is 5.16. The van der Waals surface area contributed by atoms with Gasteiger partial charge >= 0.3 is 0 Å². The molecule has 1 rings (SSSR count). The van der Waals surface area contributed by atoms with Gasteiger partial charge in [0.15, 0.2) is 0 Å². The van der Waals surface area contributed by atoms with E-state index in [9.17, 15) is 9.90 Å². The Kier molecular flexibility index (Phi) is 4.14. The Morgan fingerprint density at radius 2 is 2.33 bits per heavy atom. The SMILES string of the molecule is C=CCN(C)C(=O)c1cc(I)ccc1O. The van der Waals surface area contributed by atoms with Crippen LogP contribution in [0.5, 0.6) is 5.75 Å². The van der Waals surface area contributed by atoms with Gasteiger partial charge < -0.3 is 10.0 Å². The second-order valence-corrected chi connectivity index (χ2v) is 4.38. The fourth-order valence-corrected chi connectivity index (χ4v) is 1.65. The molecular weight excluding hydrogens is 305 g/mol. The lowest BCUT2D eigenvalue weighted by Gasteiger charge is -2.15. The average molecular weight is 317 g/mol. The van der Waals surface area contributed by atoms with E-state index in [-0.39, 0.29) is 11.7 Å². The quantitative estimate of drug-likeness (QED) is 0.686. The molecule has 1 N–H and O–H groups in total. The van der Waals surface area contributed by atoms with Gasteiger partial charge in [-0.15, -0.1) is 6.58 Å². The molecule has 1 amide bonds. The van der Waals surface area contributed by atoms with Gasteiger partial charge in [-0.2, -0.15) is 0 Å². The predicted molar refractivity (Wildman–Crippen MR) is 68.0 cm³/mol. The van der Waals surface area contributed by atoms with Crippen molar-refractivity contribution in [2.45, 2.75) is 0 Å². The number of phenols is 1. The summed E-state index contributed by atoms with van der Waals surface area (Å²) in [5.41, 5.74) is 0.325. The number of aromatic hydroxyl groups is 1. The predicted octanol–water partition coefficient (Wildman–Crippen LogP) is 2.25. The van der Waals surface area contributed by atoms with Crippen LogP contribution in [0.4, 0.5) is 0 Å². The molecule has 0 aliphatic heterocycles. The van der Waals surface area contributed by atoms with Gasteiger partial charge in [-0.1, -0.05) is 6.08 Å². The summed E-state index contributed by atoms with van der Waals surface area (Å²) >= 11 is 2.10. The monoisotopic (exact) mass is 317 g/mol. The molecule has 0 aromatic heterocycles. The van der Waals surface area contributed by atoms with Gasteiger partial charge in [-0.3, -0.25) is 4.79 Å². The zero-order valence-corrected chi connectivity index (χ0v) is 10.6. The third-order valence-electron chi connectivity index (χ3n) is 1.94. The number of phenolic OH excluding ortho intramolecular Hbond substituents is 1. The molecule has 0 spiro atoms. The van der Waals surface area contributed by atoms with Gasteiger partial charge in [0.05, 0.1) is 5.56 Å². The first kappa shape index (κ1) is 12.0. The number of rotatable bonds is 3. The van der Waals surface area contributed by atoms with Crippen LogP contribution in [0.1, 0.15) is 10.4 Å². The summed E-state index contributed by atoms with van der Waals surface area (Å²) in [5.74, 6) is -0.192. The van der Waals surface area contributed by atoms with Crippen molar-refractivity contribution in [1.29, 1.82) is 0 Å². The molecule has 15 heavy (non-hydrogen) atoms. The van der Waals surface area contributed by atoms with Crippen molar-refractivity contribution in [2.75, 3.05) is 13.6 Å². The van der Waals surface area contributed by atoms with Gasteiger partial charge in [0, 0.05) is 17.2 Å². The van der Waals surface area contributed by atoms with E-state index in [1.807, 2.05) is 0 Å². The van der Waals surface area contributed by atoms with Crippen molar-refractivity contribution in [3.63, 3.8) is 0 Å². The van der Waals surface area contributed by atoms with E-state index in [1.54, 1.807) is 25.3 Å². The Morgan fingerprint density at radius 1 is 1.67 bits per heavy atom. The van der Waals surface area contributed by atoms with Gasteiger partial charge in [0.2, 0.25) is 0 Å². The number of carbonyl (C=O) groups excluding carboxylic acids is 1. The third kappa shape index (κ3) is 2.95. The lowest BCUT2D eigenvalue weighted by molar-refractivity contribution is 0.0807. The summed E-state index contributed by atoms with van der Waals surface area (Å²) in [6.45, 7) is 4.02. The molecule has 80 valence electrons. The van der Waals surface area contributed by atoms with E-state index < -0.39 is 0 Å². The third-order valence-corrected chi connectivity index (χ3v) is 2.61. The van der Waals surface area contributed by atoms with E-state index in [4.69, 9.17) is 0 Å². The van der Waals surface area contributed by atoms with Gasteiger partial charge in [0.25, 0.3) is 5.91 Å². The molecule has 0 unspecified atom stereocenters. The summed E-state index contributed by atoms with van der Waals surface area (Å²) < 4.78 is 0.917. The number of hydrogen-bond acceptors (Lipinski definition) is 2. The van der Waals surface area contributed by atoms with Crippen molar-refractivity contribution in [3.05, 3.63) is 40.0 Å².